The lowest BCUT2D eigenvalue weighted by Crippen LogP contribution is -2.42. The molecular weight excluding hydrogens is 283 g/mol. The first-order chi connectivity index (χ1) is 8.92. The molecule has 1 aromatic rings. The van der Waals surface area contributed by atoms with E-state index >= 15 is 0 Å². The van der Waals surface area contributed by atoms with Gasteiger partial charge in [0.1, 0.15) is 12.3 Å². The van der Waals surface area contributed by atoms with Crippen LogP contribution in [0.1, 0.15) is 0 Å². The molecule has 106 valence electrons. The van der Waals surface area contributed by atoms with Crippen LogP contribution in [-0.4, -0.2) is 42.6 Å². The monoisotopic (exact) mass is 295 g/mol. The highest BCUT2D eigenvalue weighted by Crippen LogP contribution is 2.17. The van der Waals surface area contributed by atoms with E-state index in [1.54, 1.807) is 30.3 Å². The van der Waals surface area contributed by atoms with Crippen molar-refractivity contribution in [2.24, 2.45) is 0 Å². The third-order valence-electron chi connectivity index (χ3n) is 2.18. The van der Waals surface area contributed by atoms with Gasteiger partial charge in [0.2, 0.25) is 0 Å². The molecular formula is C12H13ClF3NO2. The first kappa shape index (κ1) is 15.6. The fourth-order valence-electron chi connectivity index (χ4n) is 1.36. The molecule has 19 heavy (non-hydrogen) atoms. The minimum atomic E-state index is -4.45. The van der Waals surface area contributed by atoms with Crippen molar-refractivity contribution >= 4 is 17.5 Å². The van der Waals surface area contributed by atoms with E-state index in [1.165, 1.54) is 0 Å². The zero-order chi connectivity index (χ0) is 14.3. The Bertz CT molecular complexity index is 398. The van der Waals surface area contributed by atoms with Crippen molar-refractivity contribution in [3.8, 4) is 5.75 Å². The smallest absolute Gasteiger partial charge is 0.406 e. The van der Waals surface area contributed by atoms with Gasteiger partial charge < -0.3 is 9.64 Å². The van der Waals surface area contributed by atoms with E-state index in [9.17, 15) is 18.0 Å². The van der Waals surface area contributed by atoms with E-state index in [4.69, 9.17) is 16.3 Å². The van der Waals surface area contributed by atoms with E-state index in [1.807, 2.05) is 0 Å². The van der Waals surface area contributed by atoms with Crippen molar-refractivity contribution in [2.45, 2.75) is 6.18 Å². The van der Waals surface area contributed by atoms with Gasteiger partial charge >= 0.3 is 6.18 Å². The molecule has 3 nitrogen and oxygen atoms in total. The zero-order valence-corrected chi connectivity index (χ0v) is 10.7. The third-order valence-corrected chi connectivity index (χ3v) is 2.35. The SMILES string of the molecule is O=C(COc1ccccc1)N(CCCl)CC(F)(F)F. The Kier molecular flexibility index (Phi) is 5.95. The van der Waals surface area contributed by atoms with E-state index in [0.717, 1.165) is 0 Å². The summed E-state index contributed by atoms with van der Waals surface area (Å²) in [4.78, 5) is 12.3. The Balaban J connectivity index is 2.52. The second-order valence-corrected chi connectivity index (χ2v) is 4.10. The molecule has 1 aromatic carbocycles. The third kappa shape index (κ3) is 6.33. The normalized spacial score (nSPS) is 11.2. The summed E-state index contributed by atoms with van der Waals surface area (Å²) in [5.74, 6) is -0.386. The molecule has 0 atom stereocenters. The molecule has 0 aliphatic rings. The molecule has 0 unspecified atom stereocenters. The summed E-state index contributed by atoms with van der Waals surface area (Å²) in [6, 6.07) is 8.39. The minimum absolute atomic E-state index is 0.0623. The highest BCUT2D eigenvalue weighted by atomic mass is 35.5. The quantitative estimate of drug-likeness (QED) is 0.755. The van der Waals surface area contributed by atoms with Gasteiger partial charge in [0.05, 0.1) is 0 Å². The van der Waals surface area contributed by atoms with Crippen molar-refractivity contribution < 1.29 is 22.7 Å². The summed E-state index contributed by atoms with van der Waals surface area (Å²) >= 11 is 5.38. The molecule has 0 saturated heterocycles. The van der Waals surface area contributed by atoms with Gasteiger partial charge in [-0.2, -0.15) is 13.2 Å². The maximum atomic E-state index is 12.3. The lowest BCUT2D eigenvalue weighted by Gasteiger charge is -2.23. The molecule has 0 fully saturated rings. The minimum Gasteiger partial charge on any atom is -0.484 e. The number of carbonyl (C=O) groups is 1. The van der Waals surface area contributed by atoms with Gasteiger partial charge in [-0.05, 0) is 12.1 Å². The summed E-state index contributed by atoms with van der Waals surface area (Å²) in [5.41, 5.74) is 0. The van der Waals surface area contributed by atoms with Gasteiger partial charge in [-0.1, -0.05) is 18.2 Å². The summed E-state index contributed by atoms with van der Waals surface area (Å²) in [6.07, 6.45) is -4.45. The van der Waals surface area contributed by atoms with E-state index < -0.39 is 25.2 Å². The Morgan fingerprint density at radius 2 is 1.89 bits per heavy atom. The maximum Gasteiger partial charge on any atom is 0.406 e. The Hall–Kier alpha value is -1.43. The van der Waals surface area contributed by atoms with Crippen LogP contribution in [0.15, 0.2) is 30.3 Å². The predicted octanol–water partition coefficient (Wildman–Crippen LogP) is 2.70. The molecule has 0 heterocycles. The van der Waals surface area contributed by atoms with Gasteiger partial charge in [-0.25, -0.2) is 0 Å². The summed E-state index contributed by atoms with van der Waals surface area (Å²) in [7, 11) is 0. The van der Waals surface area contributed by atoms with Gasteiger partial charge in [0.25, 0.3) is 5.91 Å². The van der Waals surface area contributed by atoms with Crippen molar-refractivity contribution in [1.82, 2.24) is 4.90 Å². The average Bonchev–Trinajstić information content (AvgIpc) is 2.35. The van der Waals surface area contributed by atoms with Gasteiger partial charge in [-0.15, -0.1) is 11.6 Å². The van der Waals surface area contributed by atoms with Crippen LogP contribution in [-0.2, 0) is 4.79 Å². The Morgan fingerprint density at radius 1 is 1.26 bits per heavy atom. The predicted molar refractivity (Wildman–Crippen MR) is 65.3 cm³/mol. The standard InChI is InChI=1S/C12H13ClF3NO2/c13-6-7-17(9-12(14,15)16)11(18)8-19-10-4-2-1-3-5-10/h1-5H,6-9H2. The van der Waals surface area contributed by atoms with Crippen molar-refractivity contribution in [1.29, 1.82) is 0 Å². The fraction of sp³-hybridized carbons (Fsp3) is 0.417. The molecule has 7 heteroatoms. The van der Waals surface area contributed by atoms with Crippen molar-refractivity contribution in [2.75, 3.05) is 25.6 Å². The number of hydrogen-bond acceptors (Lipinski definition) is 2. The number of para-hydroxylation sites is 1. The number of halogens is 4. The second-order valence-electron chi connectivity index (χ2n) is 3.72. The zero-order valence-electron chi connectivity index (χ0n) is 9.99. The summed E-state index contributed by atoms with van der Waals surface area (Å²) in [5, 5.41) is 0. The number of amides is 1. The number of nitrogens with zero attached hydrogens (tertiary/aromatic N) is 1. The Morgan fingerprint density at radius 3 is 2.42 bits per heavy atom. The van der Waals surface area contributed by atoms with Crippen LogP contribution >= 0.6 is 11.6 Å². The number of rotatable bonds is 6. The van der Waals surface area contributed by atoms with Gasteiger partial charge in [-0.3, -0.25) is 4.79 Å². The number of hydrogen-bond donors (Lipinski definition) is 0. The van der Waals surface area contributed by atoms with Crippen LogP contribution in [0.5, 0.6) is 5.75 Å². The molecule has 0 radical (unpaired) electrons. The lowest BCUT2D eigenvalue weighted by atomic mass is 10.3. The van der Waals surface area contributed by atoms with Gasteiger partial charge in [0.15, 0.2) is 6.61 Å². The number of ether oxygens (including phenoxy) is 1. The first-order valence-corrected chi connectivity index (χ1v) is 6.04. The van der Waals surface area contributed by atoms with Crippen molar-refractivity contribution in [3.63, 3.8) is 0 Å². The van der Waals surface area contributed by atoms with E-state index in [-0.39, 0.29) is 12.4 Å². The second kappa shape index (κ2) is 7.23. The molecule has 0 saturated carbocycles. The largest absolute Gasteiger partial charge is 0.484 e. The summed E-state index contributed by atoms with van der Waals surface area (Å²) < 4.78 is 41.9. The number of alkyl halides is 4. The average molecular weight is 296 g/mol. The van der Waals surface area contributed by atoms with E-state index in [2.05, 4.69) is 0 Å². The molecule has 0 aliphatic heterocycles. The van der Waals surface area contributed by atoms with Crippen LogP contribution in [0.2, 0.25) is 0 Å². The first-order valence-electron chi connectivity index (χ1n) is 5.50. The Labute approximate surface area is 113 Å². The van der Waals surface area contributed by atoms with Gasteiger partial charge in [0, 0.05) is 12.4 Å². The lowest BCUT2D eigenvalue weighted by molar-refractivity contribution is -0.161. The van der Waals surface area contributed by atoms with Crippen LogP contribution in [0.3, 0.4) is 0 Å². The van der Waals surface area contributed by atoms with Crippen LogP contribution in [0.4, 0.5) is 13.2 Å². The molecule has 0 N–H and O–H groups in total. The molecule has 0 aromatic heterocycles. The van der Waals surface area contributed by atoms with Crippen LogP contribution in [0, 0.1) is 0 Å². The highest BCUT2D eigenvalue weighted by Gasteiger charge is 2.32. The number of benzene rings is 1. The van der Waals surface area contributed by atoms with Crippen LogP contribution in [0.25, 0.3) is 0 Å². The summed E-state index contributed by atoms with van der Waals surface area (Å²) in [6.45, 7) is -1.94. The molecule has 1 rings (SSSR count). The van der Waals surface area contributed by atoms with E-state index in [0.29, 0.717) is 10.6 Å². The highest BCUT2D eigenvalue weighted by molar-refractivity contribution is 6.18. The topological polar surface area (TPSA) is 29.5 Å². The molecule has 0 bridgehead atoms. The maximum absolute atomic E-state index is 12.3. The molecule has 0 spiro atoms. The molecule has 0 aliphatic carbocycles. The van der Waals surface area contributed by atoms with Crippen molar-refractivity contribution in [3.05, 3.63) is 30.3 Å². The van der Waals surface area contributed by atoms with Crippen LogP contribution < -0.4 is 4.74 Å². The molecule has 1 amide bonds. The number of carbonyl (C=O) groups excluding carboxylic acids is 1. The fourth-order valence-corrected chi connectivity index (χ4v) is 1.57.